The van der Waals surface area contributed by atoms with Gasteiger partial charge in [0.25, 0.3) is 0 Å². The second-order valence-corrected chi connectivity index (χ2v) is 16.8. The molecule has 0 radical (unpaired) electrons. The predicted molar refractivity (Wildman–Crippen MR) is 226 cm³/mol. The first-order chi connectivity index (χ1) is 25.7. The molecule has 52 heavy (non-hydrogen) atoms. The molecule has 3 aromatic heterocycles. The number of fused-ring (bicyclic) bond motifs is 9. The van der Waals surface area contributed by atoms with Gasteiger partial charge in [-0.25, -0.2) is 4.99 Å². The lowest BCUT2D eigenvalue weighted by molar-refractivity contribution is 0.257. The quantitative estimate of drug-likeness (QED) is 0.196. The molecule has 3 nitrogen and oxygen atoms in total. The summed E-state index contributed by atoms with van der Waals surface area (Å²) >= 11 is 5.63. The van der Waals surface area contributed by atoms with E-state index >= 15 is 0 Å². The van der Waals surface area contributed by atoms with Gasteiger partial charge in [-0.05, 0) is 58.7 Å². The minimum Gasteiger partial charge on any atom is -0.340 e. The number of hydrogen-bond acceptors (Lipinski definition) is 6. The van der Waals surface area contributed by atoms with Gasteiger partial charge in [-0.3, -0.25) is 5.32 Å². The minimum atomic E-state index is -0.206. The zero-order chi connectivity index (χ0) is 34.3. The highest BCUT2D eigenvalue weighted by atomic mass is 32.1. The monoisotopic (exact) mass is 721 g/mol. The predicted octanol–water partition coefficient (Wildman–Crippen LogP) is 13.1. The molecule has 2 atom stereocenters. The molecule has 1 aliphatic heterocycles. The average Bonchev–Trinajstić information content (AvgIpc) is 3.88. The highest BCUT2D eigenvalue weighted by Gasteiger charge is 2.31. The standard InChI is InChI=1S/C46H31N3S3/c1-49-45(27-10-3-2-4-11-27)47-44(48-46(49)30-20-23-40-37(24-30)33-13-6-7-16-38(33)50-40)29-19-22-35-34-21-18-28(25-41(34)51-42(35)26-29)31-14-9-15-36-32-12-5-8-17-39(32)52-43(31)36/h2-26,44,46,48H,1H3. The van der Waals surface area contributed by atoms with Crippen LogP contribution in [0.3, 0.4) is 0 Å². The SMILES string of the molecule is CN1C(c2ccccc2)=NC(c2ccc3c(c2)sc2cc(-c4cccc5c4sc4ccccc45)ccc23)NC1c1ccc2sc3ccccc3c2c1. The Kier molecular flexibility index (Phi) is 6.89. The first-order valence-corrected chi connectivity index (χ1v) is 20.0. The zero-order valence-corrected chi connectivity index (χ0v) is 30.7. The molecule has 1 N–H and O–H groups in total. The summed E-state index contributed by atoms with van der Waals surface area (Å²) in [5, 5.41) is 11.8. The van der Waals surface area contributed by atoms with Crippen LogP contribution in [0.1, 0.15) is 29.0 Å². The molecule has 4 heterocycles. The third-order valence-electron chi connectivity index (χ3n) is 10.6. The first-order valence-electron chi connectivity index (χ1n) is 17.6. The van der Waals surface area contributed by atoms with Gasteiger partial charge in [0.15, 0.2) is 0 Å². The van der Waals surface area contributed by atoms with Crippen LogP contribution in [0.25, 0.3) is 71.6 Å². The summed E-state index contributed by atoms with van der Waals surface area (Å²) in [6, 6.07) is 55.6. The molecule has 11 rings (SSSR count). The number of nitrogens with zero attached hydrogens (tertiary/aromatic N) is 2. The lowest BCUT2D eigenvalue weighted by atomic mass is 10.0. The van der Waals surface area contributed by atoms with Gasteiger partial charge in [0.2, 0.25) is 0 Å². The maximum absolute atomic E-state index is 5.38. The summed E-state index contributed by atoms with van der Waals surface area (Å²) in [5.74, 6) is 0.987. The van der Waals surface area contributed by atoms with Crippen molar-refractivity contribution in [3.63, 3.8) is 0 Å². The largest absolute Gasteiger partial charge is 0.340 e. The minimum absolute atomic E-state index is 0.0574. The molecule has 10 aromatic rings. The molecule has 0 amide bonds. The summed E-state index contributed by atoms with van der Waals surface area (Å²) < 4.78 is 7.92. The Hall–Kier alpha value is -5.37. The Balaban J connectivity index is 1.00. The van der Waals surface area contributed by atoms with Gasteiger partial charge in [0, 0.05) is 73.1 Å². The van der Waals surface area contributed by atoms with E-state index in [2.05, 4.69) is 169 Å². The van der Waals surface area contributed by atoms with E-state index in [0.717, 1.165) is 11.4 Å². The fraction of sp³-hybridized carbons (Fsp3) is 0.0652. The molecule has 0 fully saturated rings. The number of hydrogen-bond donors (Lipinski definition) is 1. The number of nitrogens with one attached hydrogen (secondary N) is 1. The molecular weight excluding hydrogens is 691 g/mol. The topological polar surface area (TPSA) is 27.6 Å². The van der Waals surface area contributed by atoms with E-state index in [-0.39, 0.29) is 12.3 Å². The highest BCUT2D eigenvalue weighted by Crippen LogP contribution is 2.43. The number of thiophene rings is 3. The van der Waals surface area contributed by atoms with Gasteiger partial charge in [-0.15, -0.1) is 34.0 Å². The van der Waals surface area contributed by atoms with Crippen molar-refractivity contribution < 1.29 is 0 Å². The molecular formula is C46H31N3S3. The number of rotatable bonds is 4. The molecule has 0 spiro atoms. The second kappa shape index (κ2) is 11.8. The van der Waals surface area contributed by atoms with Gasteiger partial charge in [0.05, 0.1) is 0 Å². The number of aliphatic imine (C=N–C) groups is 1. The summed E-state index contributed by atoms with van der Waals surface area (Å²) in [7, 11) is 2.15. The van der Waals surface area contributed by atoms with Crippen molar-refractivity contribution >= 4 is 100 Å². The van der Waals surface area contributed by atoms with Crippen molar-refractivity contribution in [2.24, 2.45) is 4.99 Å². The van der Waals surface area contributed by atoms with E-state index in [4.69, 9.17) is 4.99 Å². The van der Waals surface area contributed by atoms with E-state index in [9.17, 15) is 0 Å². The molecule has 7 aromatic carbocycles. The van der Waals surface area contributed by atoms with Gasteiger partial charge >= 0.3 is 0 Å². The third-order valence-corrected chi connectivity index (χ3v) is 14.1. The molecule has 2 unspecified atom stereocenters. The zero-order valence-electron chi connectivity index (χ0n) is 28.2. The molecule has 0 saturated heterocycles. The highest BCUT2D eigenvalue weighted by molar-refractivity contribution is 7.27. The van der Waals surface area contributed by atoms with Crippen molar-refractivity contribution in [1.29, 1.82) is 0 Å². The van der Waals surface area contributed by atoms with Crippen molar-refractivity contribution in [1.82, 2.24) is 10.2 Å². The molecule has 6 heteroatoms. The average molecular weight is 722 g/mol. The van der Waals surface area contributed by atoms with Gasteiger partial charge in [-0.1, -0.05) is 115 Å². The third kappa shape index (κ3) is 4.76. The van der Waals surface area contributed by atoms with Crippen LogP contribution in [0.2, 0.25) is 0 Å². The van der Waals surface area contributed by atoms with Crippen molar-refractivity contribution in [2.75, 3.05) is 7.05 Å². The van der Waals surface area contributed by atoms with Crippen LogP contribution in [0.4, 0.5) is 0 Å². The Morgan fingerprint density at radius 2 is 1.12 bits per heavy atom. The normalized spacial score (nSPS) is 16.6. The van der Waals surface area contributed by atoms with E-state index < -0.39 is 0 Å². The fourth-order valence-electron chi connectivity index (χ4n) is 8.01. The molecule has 0 aliphatic carbocycles. The molecule has 248 valence electrons. The van der Waals surface area contributed by atoms with E-state index in [0.29, 0.717) is 0 Å². The molecule has 1 aliphatic rings. The van der Waals surface area contributed by atoms with Crippen LogP contribution in [0.15, 0.2) is 157 Å². The fourth-order valence-corrected chi connectivity index (χ4v) is 11.5. The lowest BCUT2D eigenvalue weighted by Gasteiger charge is -2.39. The summed E-state index contributed by atoms with van der Waals surface area (Å²) in [6.45, 7) is 0. The van der Waals surface area contributed by atoms with Crippen molar-refractivity contribution in [3.05, 3.63) is 168 Å². The Bertz CT molecular complexity index is 3040. The van der Waals surface area contributed by atoms with Gasteiger partial charge in [0.1, 0.15) is 18.2 Å². The number of benzene rings is 7. The summed E-state index contributed by atoms with van der Waals surface area (Å²) in [5.41, 5.74) is 6.09. The Labute approximate surface area is 312 Å². The van der Waals surface area contributed by atoms with Crippen molar-refractivity contribution in [2.45, 2.75) is 12.3 Å². The Morgan fingerprint density at radius 3 is 1.96 bits per heavy atom. The van der Waals surface area contributed by atoms with Crippen LogP contribution in [0.5, 0.6) is 0 Å². The van der Waals surface area contributed by atoms with Crippen LogP contribution in [-0.2, 0) is 0 Å². The van der Waals surface area contributed by atoms with E-state index in [1.165, 1.54) is 82.8 Å². The van der Waals surface area contributed by atoms with E-state index in [1.54, 1.807) is 0 Å². The van der Waals surface area contributed by atoms with Crippen molar-refractivity contribution in [3.8, 4) is 11.1 Å². The maximum Gasteiger partial charge on any atom is 0.134 e. The van der Waals surface area contributed by atoms with Crippen LogP contribution < -0.4 is 5.32 Å². The molecule has 0 saturated carbocycles. The summed E-state index contributed by atoms with van der Waals surface area (Å²) in [6.07, 6.45) is -0.264. The van der Waals surface area contributed by atoms with E-state index in [1.807, 2.05) is 34.0 Å². The molecule has 0 bridgehead atoms. The van der Waals surface area contributed by atoms with Crippen LogP contribution >= 0.6 is 34.0 Å². The van der Waals surface area contributed by atoms with Gasteiger partial charge < -0.3 is 4.90 Å². The number of amidine groups is 1. The smallest absolute Gasteiger partial charge is 0.134 e. The first kappa shape index (κ1) is 30.3. The Morgan fingerprint density at radius 1 is 0.481 bits per heavy atom. The lowest BCUT2D eigenvalue weighted by Crippen LogP contribution is -2.46. The van der Waals surface area contributed by atoms with Gasteiger partial charge in [-0.2, -0.15) is 0 Å². The van der Waals surface area contributed by atoms with Crippen LogP contribution in [-0.4, -0.2) is 17.8 Å². The maximum atomic E-state index is 5.38. The summed E-state index contributed by atoms with van der Waals surface area (Å²) in [4.78, 5) is 7.67. The second-order valence-electron chi connectivity index (χ2n) is 13.6. The van der Waals surface area contributed by atoms with Crippen LogP contribution in [0, 0.1) is 0 Å².